The van der Waals surface area contributed by atoms with E-state index in [9.17, 15) is 19.5 Å². The van der Waals surface area contributed by atoms with E-state index in [0.29, 0.717) is 19.9 Å². The number of aromatic amines is 1. The summed E-state index contributed by atoms with van der Waals surface area (Å²) >= 11 is 5.18. The normalized spacial score (nSPS) is 16.2. The maximum atomic E-state index is 12.5. The summed E-state index contributed by atoms with van der Waals surface area (Å²) in [6, 6.07) is 4.73. The van der Waals surface area contributed by atoms with E-state index in [-0.39, 0.29) is 21.1 Å². The van der Waals surface area contributed by atoms with Crippen LogP contribution < -0.4 is 4.87 Å². The Morgan fingerprint density at radius 3 is 2.58 bits per heavy atom. The minimum absolute atomic E-state index is 0.00488. The van der Waals surface area contributed by atoms with E-state index >= 15 is 0 Å². The molecule has 0 fully saturated rings. The van der Waals surface area contributed by atoms with Crippen LogP contribution in [0.4, 0.5) is 0 Å². The molecule has 136 valence electrons. The van der Waals surface area contributed by atoms with Crippen molar-refractivity contribution in [2.75, 3.05) is 14.2 Å². The van der Waals surface area contributed by atoms with Crippen molar-refractivity contribution < 1.29 is 24.2 Å². The first-order valence-corrected chi connectivity index (χ1v) is 9.60. The van der Waals surface area contributed by atoms with E-state index in [1.54, 1.807) is 12.1 Å². The molecule has 0 amide bonds. The molecule has 0 bridgehead atoms. The number of thiazole rings is 1. The van der Waals surface area contributed by atoms with Crippen molar-refractivity contribution in [2.45, 2.75) is 10.9 Å². The molecular formula is C16H12BrNO6S2. The van der Waals surface area contributed by atoms with Gasteiger partial charge < -0.3 is 19.6 Å². The molecule has 0 spiro atoms. The number of fused-ring (bicyclic) bond motifs is 1. The summed E-state index contributed by atoms with van der Waals surface area (Å²) < 4.78 is 10.3. The fourth-order valence-corrected chi connectivity index (χ4v) is 5.23. The van der Waals surface area contributed by atoms with E-state index in [2.05, 4.69) is 20.9 Å². The van der Waals surface area contributed by atoms with Gasteiger partial charge >= 0.3 is 16.8 Å². The average molecular weight is 458 g/mol. The smallest absolute Gasteiger partial charge is 0.345 e. The van der Waals surface area contributed by atoms with Gasteiger partial charge in [0.1, 0.15) is 10.7 Å². The van der Waals surface area contributed by atoms with Crippen molar-refractivity contribution in [3.63, 3.8) is 0 Å². The van der Waals surface area contributed by atoms with Crippen LogP contribution in [0.1, 0.15) is 16.4 Å². The number of methoxy groups -OCH3 is 2. The van der Waals surface area contributed by atoms with Gasteiger partial charge in [-0.3, -0.25) is 4.79 Å². The van der Waals surface area contributed by atoms with Gasteiger partial charge in [0, 0.05) is 10.0 Å². The largest absolute Gasteiger partial charge is 0.508 e. The number of hydrogen-bond donors (Lipinski definition) is 2. The van der Waals surface area contributed by atoms with Crippen molar-refractivity contribution in [1.82, 2.24) is 4.98 Å². The zero-order valence-corrected chi connectivity index (χ0v) is 16.7. The van der Waals surface area contributed by atoms with Crippen LogP contribution in [0.5, 0.6) is 5.75 Å². The van der Waals surface area contributed by atoms with Crippen LogP contribution >= 0.6 is 39.0 Å². The number of carbonyl (C=O) groups is 2. The number of phenols is 1. The lowest BCUT2D eigenvalue weighted by Crippen LogP contribution is -2.22. The van der Waals surface area contributed by atoms with E-state index in [0.717, 1.165) is 23.1 Å². The van der Waals surface area contributed by atoms with Gasteiger partial charge in [0.05, 0.1) is 35.6 Å². The lowest BCUT2D eigenvalue weighted by Gasteiger charge is -2.26. The molecule has 1 aromatic carbocycles. The molecule has 0 saturated heterocycles. The Labute approximate surface area is 164 Å². The zero-order chi connectivity index (χ0) is 19.0. The molecule has 0 unspecified atom stereocenters. The number of esters is 2. The minimum Gasteiger partial charge on any atom is -0.508 e. The van der Waals surface area contributed by atoms with Crippen LogP contribution in [0.15, 0.2) is 43.0 Å². The number of rotatable bonds is 3. The van der Waals surface area contributed by atoms with Gasteiger partial charge in [-0.2, -0.15) is 0 Å². The minimum atomic E-state index is -0.853. The number of phenolic OH excluding ortho intramolecular Hbond substituents is 1. The maximum Gasteiger partial charge on any atom is 0.345 e. The highest BCUT2D eigenvalue weighted by Crippen LogP contribution is 2.50. The Kier molecular flexibility index (Phi) is 5.26. The monoisotopic (exact) mass is 457 g/mol. The highest BCUT2D eigenvalue weighted by atomic mass is 79.9. The third-order valence-electron chi connectivity index (χ3n) is 3.72. The molecular weight excluding hydrogens is 446 g/mol. The van der Waals surface area contributed by atoms with Crippen LogP contribution in [0.2, 0.25) is 0 Å². The van der Waals surface area contributed by atoms with Gasteiger partial charge in [0.15, 0.2) is 0 Å². The van der Waals surface area contributed by atoms with Crippen molar-refractivity contribution in [1.29, 1.82) is 0 Å². The Morgan fingerprint density at radius 1 is 1.23 bits per heavy atom. The predicted octanol–water partition coefficient (Wildman–Crippen LogP) is 2.74. The van der Waals surface area contributed by atoms with Crippen LogP contribution in [-0.2, 0) is 19.1 Å². The quantitative estimate of drug-likeness (QED) is 0.682. The van der Waals surface area contributed by atoms with Gasteiger partial charge in [-0.1, -0.05) is 39.0 Å². The first kappa shape index (κ1) is 18.7. The Hall–Kier alpha value is -2.04. The summed E-state index contributed by atoms with van der Waals surface area (Å²) in [4.78, 5) is 39.5. The third kappa shape index (κ3) is 3.19. The van der Waals surface area contributed by atoms with Crippen LogP contribution in [0, 0.1) is 0 Å². The highest BCUT2D eigenvalue weighted by molar-refractivity contribution is 9.10. The predicted molar refractivity (Wildman–Crippen MR) is 99.5 cm³/mol. The van der Waals surface area contributed by atoms with Gasteiger partial charge in [-0.05, 0) is 18.2 Å². The summed E-state index contributed by atoms with van der Waals surface area (Å²) in [7, 11) is 2.39. The number of H-pyrrole nitrogens is 1. The van der Waals surface area contributed by atoms with Crippen LogP contribution in [0.3, 0.4) is 0 Å². The molecule has 26 heavy (non-hydrogen) atoms. The fourth-order valence-electron chi connectivity index (χ4n) is 2.63. The lowest BCUT2D eigenvalue weighted by atomic mass is 9.88. The summed E-state index contributed by atoms with van der Waals surface area (Å²) in [6.45, 7) is 0. The van der Waals surface area contributed by atoms with Crippen LogP contribution in [0.25, 0.3) is 0 Å². The lowest BCUT2D eigenvalue weighted by molar-refractivity contribution is -0.139. The molecule has 1 aliphatic heterocycles. The number of thioether (sulfide) groups is 1. The number of aromatic nitrogens is 1. The molecule has 1 aromatic heterocycles. The second-order valence-corrected chi connectivity index (χ2v) is 8.12. The maximum absolute atomic E-state index is 12.5. The molecule has 1 atom stereocenters. The van der Waals surface area contributed by atoms with Crippen molar-refractivity contribution in [3.8, 4) is 5.75 Å². The number of halogens is 1. The standard InChI is InChI=1S/C16H12BrNO6S2/c1-23-14(20)10-9(7-5-6(17)3-4-8(7)19)11-13(18-16(22)26-11)25-12(10)15(21)24-2/h3-5,9,19H,1-2H3,(H,18,22)/t9-/m0/s1. The third-order valence-corrected chi connectivity index (χ3v) is 6.40. The van der Waals surface area contributed by atoms with E-state index in [1.807, 2.05) is 0 Å². The molecule has 7 nitrogen and oxygen atoms in total. The number of carbonyl (C=O) groups excluding carboxylic acids is 2. The summed E-state index contributed by atoms with van der Waals surface area (Å²) in [6.07, 6.45) is 0. The fraction of sp³-hybridized carbons (Fsp3) is 0.188. The molecule has 3 rings (SSSR count). The molecule has 0 saturated carbocycles. The van der Waals surface area contributed by atoms with Gasteiger partial charge in [-0.25, -0.2) is 9.59 Å². The second-order valence-electron chi connectivity index (χ2n) is 5.17. The summed E-state index contributed by atoms with van der Waals surface area (Å²) in [5.41, 5.74) is 0.374. The first-order valence-electron chi connectivity index (χ1n) is 7.17. The number of hydrogen-bond acceptors (Lipinski definition) is 8. The van der Waals surface area contributed by atoms with E-state index < -0.39 is 17.9 Å². The molecule has 1 aliphatic rings. The van der Waals surface area contributed by atoms with Crippen LogP contribution in [-0.4, -0.2) is 36.2 Å². The average Bonchev–Trinajstić information content (AvgIpc) is 3.00. The topological polar surface area (TPSA) is 106 Å². The molecule has 2 heterocycles. The first-order chi connectivity index (χ1) is 12.4. The molecule has 2 N–H and O–H groups in total. The Morgan fingerprint density at radius 2 is 1.92 bits per heavy atom. The van der Waals surface area contributed by atoms with Gasteiger partial charge in [0.25, 0.3) is 0 Å². The Bertz CT molecular complexity index is 993. The molecule has 10 heteroatoms. The number of aromatic hydroxyl groups is 1. The van der Waals surface area contributed by atoms with Crippen molar-refractivity contribution in [2.24, 2.45) is 0 Å². The molecule has 0 radical (unpaired) electrons. The number of nitrogens with one attached hydrogen (secondary N) is 1. The SMILES string of the molecule is COC(=O)C1=C(C(=O)OC)[C@H](c2cc(Br)ccc2O)c2sc(=O)[nH]c2S1. The highest BCUT2D eigenvalue weighted by Gasteiger charge is 2.40. The van der Waals surface area contributed by atoms with E-state index in [4.69, 9.17) is 9.47 Å². The van der Waals surface area contributed by atoms with E-state index in [1.165, 1.54) is 20.3 Å². The summed E-state index contributed by atoms with van der Waals surface area (Å²) in [5, 5.41) is 10.8. The molecule has 0 aliphatic carbocycles. The second kappa shape index (κ2) is 7.29. The van der Waals surface area contributed by atoms with Gasteiger partial charge in [0.2, 0.25) is 0 Å². The summed E-state index contributed by atoms with van der Waals surface area (Å²) in [5.74, 6) is -2.40. The number of benzene rings is 1. The molecule has 2 aromatic rings. The van der Waals surface area contributed by atoms with Crippen molar-refractivity contribution in [3.05, 3.63) is 53.3 Å². The zero-order valence-electron chi connectivity index (χ0n) is 13.5. The van der Waals surface area contributed by atoms with Gasteiger partial charge in [-0.15, -0.1) is 0 Å². The van der Waals surface area contributed by atoms with Crippen molar-refractivity contribution >= 4 is 51.0 Å². The Balaban J connectivity index is 2.35. The number of ether oxygens (including phenoxy) is 2.